The maximum atomic E-state index is 11.2. The Bertz CT molecular complexity index is 263. The van der Waals surface area contributed by atoms with E-state index < -0.39 is 5.97 Å². The molecule has 2 fully saturated rings. The van der Waals surface area contributed by atoms with Gasteiger partial charge in [-0.25, -0.2) is 0 Å². The van der Waals surface area contributed by atoms with Gasteiger partial charge >= 0.3 is 5.97 Å². The molecule has 4 heteroatoms. The van der Waals surface area contributed by atoms with Crippen LogP contribution in [0.15, 0.2) is 0 Å². The van der Waals surface area contributed by atoms with Gasteiger partial charge in [0, 0.05) is 23.6 Å². The van der Waals surface area contributed by atoms with Crippen molar-refractivity contribution in [2.24, 2.45) is 5.92 Å². The van der Waals surface area contributed by atoms with Crippen molar-refractivity contribution >= 4 is 17.7 Å². The van der Waals surface area contributed by atoms with Crippen molar-refractivity contribution in [3.05, 3.63) is 0 Å². The van der Waals surface area contributed by atoms with Crippen LogP contribution in [-0.2, 0) is 4.79 Å². The van der Waals surface area contributed by atoms with Gasteiger partial charge in [0.15, 0.2) is 0 Å². The van der Waals surface area contributed by atoms with Crippen LogP contribution in [0.3, 0.4) is 0 Å². The molecule has 0 aromatic heterocycles. The number of carboxylic acids is 1. The molecule has 0 aromatic carbocycles. The lowest BCUT2D eigenvalue weighted by molar-refractivity contribution is -0.144. The highest BCUT2D eigenvalue weighted by Crippen LogP contribution is 2.39. The Hall–Kier alpha value is -0.220. The second-order valence-corrected chi connectivity index (χ2v) is 7.00. The van der Waals surface area contributed by atoms with Gasteiger partial charge in [0.2, 0.25) is 0 Å². The molecule has 1 atom stereocenters. The average molecular weight is 229 g/mol. The van der Waals surface area contributed by atoms with Crippen LogP contribution in [-0.4, -0.2) is 45.6 Å². The summed E-state index contributed by atoms with van der Waals surface area (Å²) in [6, 6.07) is -0.217. The van der Waals surface area contributed by atoms with Gasteiger partial charge in [-0.05, 0) is 32.6 Å². The van der Waals surface area contributed by atoms with E-state index in [0.29, 0.717) is 5.92 Å². The molecule has 3 nitrogen and oxygen atoms in total. The molecule has 2 rings (SSSR count). The normalized spacial score (nSPS) is 28.7. The number of nitrogens with zero attached hydrogens (tertiary/aromatic N) is 1. The number of hydrogen-bond donors (Lipinski definition) is 1. The Kier molecular flexibility index (Phi) is 2.99. The minimum atomic E-state index is -0.625. The Morgan fingerprint density at radius 3 is 2.67 bits per heavy atom. The summed E-state index contributed by atoms with van der Waals surface area (Å²) in [5.74, 6) is 0.852. The van der Waals surface area contributed by atoms with Gasteiger partial charge in [-0.1, -0.05) is 0 Å². The average Bonchev–Trinajstić information content (AvgIpc) is 2.85. The van der Waals surface area contributed by atoms with Gasteiger partial charge in [0.25, 0.3) is 0 Å². The van der Waals surface area contributed by atoms with Gasteiger partial charge in [-0.3, -0.25) is 9.69 Å². The predicted molar refractivity (Wildman–Crippen MR) is 62.3 cm³/mol. The van der Waals surface area contributed by atoms with Gasteiger partial charge in [-0.15, -0.1) is 0 Å². The van der Waals surface area contributed by atoms with Crippen molar-refractivity contribution in [2.45, 2.75) is 37.5 Å². The quantitative estimate of drug-likeness (QED) is 0.799. The minimum absolute atomic E-state index is 0.209. The van der Waals surface area contributed by atoms with Crippen LogP contribution in [0.5, 0.6) is 0 Å². The molecule has 1 heterocycles. The van der Waals surface area contributed by atoms with Crippen molar-refractivity contribution in [1.82, 2.24) is 4.90 Å². The van der Waals surface area contributed by atoms with E-state index in [1.165, 1.54) is 0 Å². The van der Waals surface area contributed by atoms with Crippen LogP contribution in [0.2, 0.25) is 0 Å². The van der Waals surface area contributed by atoms with Gasteiger partial charge in [0.1, 0.15) is 6.04 Å². The summed E-state index contributed by atoms with van der Waals surface area (Å²) in [4.78, 5) is 13.4. The third kappa shape index (κ3) is 2.67. The molecule has 0 radical (unpaired) electrons. The third-order valence-electron chi connectivity index (χ3n) is 3.17. The fraction of sp³-hybridized carbons (Fsp3) is 0.909. The maximum Gasteiger partial charge on any atom is 0.321 e. The molecule has 0 aromatic rings. The molecular weight excluding hydrogens is 210 g/mol. The Balaban J connectivity index is 2.03. The maximum absolute atomic E-state index is 11.2. The summed E-state index contributed by atoms with van der Waals surface area (Å²) < 4.78 is 0.209. The van der Waals surface area contributed by atoms with Crippen LogP contribution in [0, 0.1) is 5.92 Å². The summed E-state index contributed by atoms with van der Waals surface area (Å²) in [6.45, 7) is 6.25. The van der Waals surface area contributed by atoms with Crippen molar-refractivity contribution < 1.29 is 9.90 Å². The van der Waals surface area contributed by atoms with Crippen LogP contribution >= 0.6 is 11.8 Å². The van der Waals surface area contributed by atoms with E-state index in [0.717, 1.165) is 31.7 Å². The topological polar surface area (TPSA) is 40.5 Å². The standard InChI is InChI=1S/C11H19NO2S/c1-11(2)7-12(5-6-15-11)9(10(13)14)8-3-4-8/h8-9H,3-7H2,1-2H3,(H,13,14). The molecule has 0 bridgehead atoms. The lowest BCUT2D eigenvalue weighted by Crippen LogP contribution is -2.52. The van der Waals surface area contributed by atoms with Crippen molar-refractivity contribution in [3.63, 3.8) is 0 Å². The third-order valence-corrected chi connectivity index (χ3v) is 4.47. The summed E-state index contributed by atoms with van der Waals surface area (Å²) in [7, 11) is 0. The molecule has 1 unspecified atom stereocenters. The minimum Gasteiger partial charge on any atom is -0.480 e. The monoisotopic (exact) mass is 229 g/mol. The van der Waals surface area contributed by atoms with Crippen LogP contribution < -0.4 is 0 Å². The van der Waals surface area contributed by atoms with E-state index in [1.54, 1.807) is 0 Å². The van der Waals surface area contributed by atoms with Crippen molar-refractivity contribution in [1.29, 1.82) is 0 Å². The second kappa shape index (κ2) is 3.98. The zero-order valence-corrected chi connectivity index (χ0v) is 10.2. The second-order valence-electron chi connectivity index (χ2n) is 5.20. The van der Waals surface area contributed by atoms with E-state index in [-0.39, 0.29) is 10.8 Å². The number of thioether (sulfide) groups is 1. The highest BCUT2D eigenvalue weighted by molar-refractivity contribution is 8.00. The van der Waals surface area contributed by atoms with Crippen LogP contribution in [0.1, 0.15) is 26.7 Å². The van der Waals surface area contributed by atoms with Gasteiger partial charge in [0.05, 0.1) is 0 Å². The summed E-state index contributed by atoms with van der Waals surface area (Å²) in [5.41, 5.74) is 0. The molecular formula is C11H19NO2S. The number of aliphatic carboxylic acids is 1. The Morgan fingerprint density at radius 2 is 2.20 bits per heavy atom. The van der Waals surface area contributed by atoms with Crippen LogP contribution in [0.4, 0.5) is 0 Å². The molecule has 1 saturated carbocycles. The zero-order valence-electron chi connectivity index (χ0n) is 9.40. The van der Waals surface area contributed by atoms with Gasteiger partial charge < -0.3 is 5.11 Å². The van der Waals surface area contributed by atoms with E-state index in [9.17, 15) is 9.90 Å². The molecule has 0 spiro atoms. The first-order valence-corrected chi connectivity index (χ1v) is 6.59. The van der Waals surface area contributed by atoms with Gasteiger partial charge in [-0.2, -0.15) is 11.8 Å². The lowest BCUT2D eigenvalue weighted by atomic mass is 10.1. The first-order chi connectivity index (χ1) is 6.99. The molecule has 1 aliphatic carbocycles. The molecule has 15 heavy (non-hydrogen) atoms. The predicted octanol–water partition coefficient (Wildman–Crippen LogP) is 1.68. The fourth-order valence-electron chi connectivity index (χ4n) is 2.36. The highest BCUT2D eigenvalue weighted by Gasteiger charge is 2.43. The van der Waals surface area contributed by atoms with E-state index in [4.69, 9.17) is 0 Å². The van der Waals surface area contributed by atoms with Crippen LogP contribution in [0.25, 0.3) is 0 Å². The molecule has 86 valence electrons. The zero-order chi connectivity index (χ0) is 11.1. The Labute approximate surface area is 95.2 Å². The summed E-state index contributed by atoms with van der Waals surface area (Å²) in [6.07, 6.45) is 2.20. The van der Waals surface area contributed by atoms with Crippen molar-refractivity contribution in [3.8, 4) is 0 Å². The fourth-order valence-corrected chi connectivity index (χ4v) is 3.49. The first kappa shape index (κ1) is 11.3. The number of hydrogen-bond acceptors (Lipinski definition) is 3. The Morgan fingerprint density at radius 1 is 1.53 bits per heavy atom. The van der Waals surface area contributed by atoms with E-state index in [2.05, 4.69) is 18.7 Å². The summed E-state index contributed by atoms with van der Waals surface area (Å²) in [5, 5.41) is 9.26. The summed E-state index contributed by atoms with van der Waals surface area (Å²) >= 11 is 1.95. The smallest absolute Gasteiger partial charge is 0.321 e. The number of rotatable bonds is 3. The van der Waals surface area contributed by atoms with E-state index in [1.807, 2.05) is 11.8 Å². The molecule has 1 aliphatic heterocycles. The molecule has 1 saturated heterocycles. The molecule has 2 aliphatic rings. The molecule has 1 N–H and O–H groups in total. The lowest BCUT2D eigenvalue weighted by Gasteiger charge is -2.40. The van der Waals surface area contributed by atoms with Crippen molar-refractivity contribution in [2.75, 3.05) is 18.8 Å². The SMILES string of the molecule is CC1(C)CN(C(C(=O)O)C2CC2)CCS1. The first-order valence-electron chi connectivity index (χ1n) is 5.60. The largest absolute Gasteiger partial charge is 0.480 e. The number of carbonyl (C=O) groups is 1. The molecule has 0 amide bonds. The highest BCUT2D eigenvalue weighted by atomic mass is 32.2. The number of carboxylic acid groups (broad SMARTS) is 1. The van der Waals surface area contributed by atoms with E-state index >= 15 is 0 Å².